The second kappa shape index (κ2) is 5.22. The summed E-state index contributed by atoms with van der Waals surface area (Å²) in [6.45, 7) is 1.97. The van der Waals surface area contributed by atoms with Crippen LogP contribution in [0.25, 0.3) is 0 Å². The first kappa shape index (κ1) is 11.3. The molecule has 0 saturated heterocycles. The van der Waals surface area contributed by atoms with Gasteiger partial charge in [-0.3, -0.25) is 0 Å². The van der Waals surface area contributed by atoms with Gasteiger partial charge in [0.05, 0.1) is 5.75 Å². The summed E-state index contributed by atoms with van der Waals surface area (Å²) in [5.74, 6) is 0.752. The predicted octanol–water partition coefficient (Wildman–Crippen LogP) is 1.97. The molecule has 0 unspecified atom stereocenters. The first-order chi connectivity index (χ1) is 7.78. The van der Waals surface area contributed by atoms with Crippen molar-refractivity contribution in [3.05, 3.63) is 23.0 Å². The first-order valence-corrected chi connectivity index (χ1v) is 6.49. The van der Waals surface area contributed by atoms with Crippen LogP contribution in [0.1, 0.15) is 10.6 Å². The Labute approximate surface area is 102 Å². The third-order valence-electron chi connectivity index (χ3n) is 1.76. The maximum absolute atomic E-state index is 4.21. The van der Waals surface area contributed by atoms with Crippen LogP contribution < -0.4 is 5.32 Å². The first-order valence-electron chi connectivity index (χ1n) is 4.69. The lowest BCUT2D eigenvalue weighted by Gasteiger charge is -1.96. The molecule has 1 N–H and O–H groups in total. The molecule has 0 fully saturated rings. The summed E-state index contributed by atoms with van der Waals surface area (Å²) in [5, 5.41) is 13.5. The molecular weight excluding hydrogens is 242 g/mol. The molecule has 16 heavy (non-hydrogen) atoms. The van der Waals surface area contributed by atoms with Crippen LogP contribution in [0, 0.1) is 6.92 Å². The van der Waals surface area contributed by atoms with Gasteiger partial charge in [0.25, 0.3) is 0 Å². The SMILES string of the molecule is CNc1nnc(CSc2ncc(C)cn2)s1. The third-order valence-corrected chi connectivity index (χ3v) is 3.77. The maximum Gasteiger partial charge on any atom is 0.205 e. The Morgan fingerprint density at radius 1 is 1.31 bits per heavy atom. The number of thioether (sulfide) groups is 1. The van der Waals surface area contributed by atoms with Gasteiger partial charge in [-0.2, -0.15) is 0 Å². The molecule has 0 atom stereocenters. The van der Waals surface area contributed by atoms with Gasteiger partial charge in [-0.1, -0.05) is 23.1 Å². The van der Waals surface area contributed by atoms with Gasteiger partial charge < -0.3 is 5.32 Å². The highest BCUT2D eigenvalue weighted by Gasteiger charge is 2.04. The molecule has 2 aromatic rings. The molecule has 0 radical (unpaired) electrons. The lowest BCUT2D eigenvalue weighted by molar-refractivity contribution is 0.947. The van der Waals surface area contributed by atoms with Gasteiger partial charge in [0, 0.05) is 19.4 Å². The summed E-state index contributed by atoms with van der Waals surface area (Å²) in [6, 6.07) is 0. The van der Waals surface area contributed by atoms with Crippen LogP contribution in [-0.4, -0.2) is 27.2 Å². The molecule has 2 heterocycles. The Kier molecular flexibility index (Phi) is 3.68. The average molecular weight is 253 g/mol. The summed E-state index contributed by atoms with van der Waals surface area (Å²) in [6.07, 6.45) is 3.63. The van der Waals surface area contributed by atoms with Crippen molar-refractivity contribution in [3.63, 3.8) is 0 Å². The number of rotatable bonds is 4. The van der Waals surface area contributed by atoms with E-state index in [0.717, 1.165) is 26.6 Å². The number of hydrogen-bond donors (Lipinski definition) is 1. The summed E-state index contributed by atoms with van der Waals surface area (Å²) >= 11 is 3.11. The fourth-order valence-corrected chi connectivity index (χ4v) is 2.46. The molecular formula is C9H11N5S2. The van der Waals surface area contributed by atoms with E-state index in [0.29, 0.717) is 0 Å². The summed E-state index contributed by atoms with van der Waals surface area (Å²) in [7, 11) is 1.83. The number of hydrogen-bond acceptors (Lipinski definition) is 7. The van der Waals surface area contributed by atoms with Crippen LogP contribution in [0.5, 0.6) is 0 Å². The second-order valence-corrected chi connectivity index (χ2v) is 5.09. The van der Waals surface area contributed by atoms with Crippen molar-refractivity contribution in [2.45, 2.75) is 17.8 Å². The number of aryl methyl sites for hydroxylation is 1. The minimum Gasteiger partial charge on any atom is -0.363 e. The molecule has 0 aliphatic heterocycles. The third kappa shape index (κ3) is 2.89. The minimum absolute atomic E-state index is 0.752. The molecule has 2 rings (SSSR count). The number of nitrogens with zero attached hydrogens (tertiary/aromatic N) is 4. The normalized spacial score (nSPS) is 10.4. The van der Waals surface area contributed by atoms with Crippen LogP contribution in [-0.2, 0) is 5.75 Å². The largest absolute Gasteiger partial charge is 0.363 e. The van der Waals surface area contributed by atoms with Gasteiger partial charge in [-0.15, -0.1) is 10.2 Å². The second-order valence-electron chi connectivity index (χ2n) is 3.08. The fourth-order valence-electron chi connectivity index (χ4n) is 0.995. The molecule has 0 aliphatic carbocycles. The van der Waals surface area contributed by atoms with E-state index in [1.165, 1.54) is 0 Å². The van der Waals surface area contributed by atoms with E-state index < -0.39 is 0 Å². The van der Waals surface area contributed by atoms with E-state index in [1.54, 1.807) is 23.1 Å². The van der Waals surface area contributed by atoms with Crippen molar-refractivity contribution >= 4 is 28.2 Å². The molecule has 0 amide bonds. The van der Waals surface area contributed by atoms with Crippen LogP contribution in [0.3, 0.4) is 0 Å². The molecule has 0 saturated carbocycles. The van der Waals surface area contributed by atoms with Crippen molar-refractivity contribution in [1.29, 1.82) is 0 Å². The predicted molar refractivity (Wildman–Crippen MR) is 65.8 cm³/mol. The summed E-state index contributed by atoms with van der Waals surface area (Å²) < 4.78 is 0. The van der Waals surface area contributed by atoms with Crippen LogP contribution in [0.15, 0.2) is 17.6 Å². The minimum atomic E-state index is 0.752. The van der Waals surface area contributed by atoms with Crippen LogP contribution >= 0.6 is 23.1 Å². The van der Waals surface area contributed by atoms with Gasteiger partial charge in [0.2, 0.25) is 5.13 Å². The maximum atomic E-state index is 4.21. The Balaban J connectivity index is 1.94. The van der Waals surface area contributed by atoms with E-state index in [9.17, 15) is 0 Å². The molecule has 2 aromatic heterocycles. The summed E-state index contributed by atoms with van der Waals surface area (Å²) in [5.41, 5.74) is 1.07. The van der Waals surface area contributed by atoms with E-state index in [-0.39, 0.29) is 0 Å². The van der Waals surface area contributed by atoms with Crippen LogP contribution in [0.2, 0.25) is 0 Å². The van der Waals surface area contributed by atoms with Gasteiger partial charge in [-0.05, 0) is 12.5 Å². The van der Waals surface area contributed by atoms with E-state index >= 15 is 0 Å². The lowest BCUT2D eigenvalue weighted by atomic mass is 10.4. The van der Waals surface area contributed by atoms with E-state index in [1.807, 2.05) is 26.4 Å². The Morgan fingerprint density at radius 2 is 2.06 bits per heavy atom. The van der Waals surface area contributed by atoms with Gasteiger partial charge in [0.1, 0.15) is 5.01 Å². The van der Waals surface area contributed by atoms with Crippen molar-refractivity contribution in [3.8, 4) is 0 Å². The standard InChI is InChI=1S/C9H11N5S2/c1-6-3-11-9(12-4-6)15-5-7-13-14-8(10-2)16-7/h3-4H,5H2,1-2H3,(H,10,14). The molecule has 5 nitrogen and oxygen atoms in total. The van der Waals surface area contributed by atoms with E-state index in [2.05, 4.69) is 25.5 Å². The number of nitrogens with one attached hydrogen (secondary N) is 1. The molecule has 0 aliphatic rings. The number of aromatic nitrogens is 4. The Bertz CT molecular complexity index is 453. The smallest absolute Gasteiger partial charge is 0.205 e. The Morgan fingerprint density at radius 3 is 2.69 bits per heavy atom. The molecule has 0 aromatic carbocycles. The van der Waals surface area contributed by atoms with E-state index in [4.69, 9.17) is 0 Å². The molecule has 0 spiro atoms. The highest BCUT2D eigenvalue weighted by atomic mass is 32.2. The van der Waals surface area contributed by atoms with Crippen molar-refractivity contribution < 1.29 is 0 Å². The quantitative estimate of drug-likeness (QED) is 0.664. The number of anilines is 1. The Hall–Kier alpha value is -1.21. The van der Waals surface area contributed by atoms with Crippen molar-refractivity contribution in [2.24, 2.45) is 0 Å². The highest BCUT2D eigenvalue weighted by Crippen LogP contribution is 2.22. The fraction of sp³-hybridized carbons (Fsp3) is 0.333. The average Bonchev–Trinajstić information content (AvgIpc) is 2.76. The van der Waals surface area contributed by atoms with Crippen molar-refractivity contribution in [1.82, 2.24) is 20.2 Å². The zero-order valence-electron chi connectivity index (χ0n) is 8.97. The zero-order valence-corrected chi connectivity index (χ0v) is 10.6. The van der Waals surface area contributed by atoms with Crippen LogP contribution in [0.4, 0.5) is 5.13 Å². The van der Waals surface area contributed by atoms with Crippen molar-refractivity contribution in [2.75, 3.05) is 12.4 Å². The highest BCUT2D eigenvalue weighted by molar-refractivity contribution is 7.98. The van der Waals surface area contributed by atoms with Gasteiger partial charge in [-0.25, -0.2) is 9.97 Å². The monoisotopic (exact) mass is 253 g/mol. The van der Waals surface area contributed by atoms with Gasteiger partial charge in [0.15, 0.2) is 5.16 Å². The molecule has 0 bridgehead atoms. The van der Waals surface area contributed by atoms with Gasteiger partial charge >= 0.3 is 0 Å². The summed E-state index contributed by atoms with van der Waals surface area (Å²) in [4.78, 5) is 8.43. The lowest BCUT2D eigenvalue weighted by Crippen LogP contribution is -1.87. The molecule has 7 heteroatoms. The zero-order chi connectivity index (χ0) is 11.4. The topological polar surface area (TPSA) is 63.6 Å². The molecule has 84 valence electrons.